The number of hydrogen-bond donors (Lipinski definition) is 0. The van der Waals surface area contributed by atoms with E-state index in [2.05, 4.69) is 4.74 Å². The van der Waals surface area contributed by atoms with E-state index in [0.29, 0.717) is 17.9 Å². The maximum Gasteiger partial charge on any atom is 0.573 e. The molecule has 1 heterocycles. The van der Waals surface area contributed by atoms with Crippen LogP contribution in [0.15, 0.2) is 48.5 Å². The molecule has 0 amide bonds. The standard InChI is InChI=1S/C29H33F5O3/c30-28(31,36-25-13-15-26(16-14-25)37-29(32,33)34)24-11-8-21(9-12-24)20-4-6-22(7-5-20)27-17-10-23(18-35-27)19-2-1-3-19/h8-9,11-16,19-20,22-23,27H,1-7,10,17-18H2. The molecule has 37 heavy (non-hydrogen) atoms. The average Bonchev–Trinajstić information content (AvgIpc) is 2.84. The zero-order valence-corrected chi connectivity index (χ0v) is 20.7. The van der Waals surface area contributed by atoms with Gasteiger partial charge in [0.2, 0.25) is 0 Å². The van der Waals surface area contributed by atoms with Crippen molar-refractivity contribution in [2.45, 2.75) is 82.3 Å². The Morgan fingerprint density at radius 2 is 1.22 bits per heavy atom. The Hall–Kier alpha value is -2.35. The van der Waals surface area contributed by atoms with Gasteiger partial charge < -0.3 is 14.2 Å². The second-order valence-electron chi connectivity index (χ2n) is 10.8. The highest BCUT2D eigenvalue weighted by Crippen LogP contribution is 2.43. The van der Waals surface area contributed by atoms with Gasteiger partial charge >= 0.3 is 12.5 Å². The fourth-order valence-corrected chi connectivity index (χ4v) is 6.14. The maximum atomic E-state index is 14.7. The lowest BCUT2D eigenvalue weighted by Gasteiger charge is -2.42. The molecule has 3 aliphatic rings. The highest BCUT2D eigenvalue weighted by Gasteiger charge is 2.37. The van der Waals surface area contributed by atoms with Crippen molar-refractivity contribution in [1.82, 2.24) is 0 Å². The van der Waals surface area contributed by atoms with Crippen molar-refractivity contribution in [2.24, 2.45) is 17.8 Å². The normalized spacial score (nSPS) is 27.4. The Kier molecular flexibility index (Phi) is 7.66. The molecule has 0 aromatic heterocycles. The molecule has 2 aromatic rings. The summed E-state index contributed by atoms with van der Waals surface area (Å²) in [7, 11) is 0. The second kappa shape index (κ2) is 10.8. The van der Waals surface area contributed by atoms with E-state index in [1.165, 1.54) is 44.2 Å². The molecule has 5 rings (SSSR count). The third-order valence-corrected chi connectivity index (χ3v) is 8.48. The van der Waals surface area contributed by atoms with E-state index in [1.54, 1.807) is 12.1 Å². The molecular formula is C29H33F5O3. The molecule has 3 nitrogen and oxygen atoms in total. The quantitative estimate of drug-likeness (QED) is 0.340. The van der Waals surface area contributed by atoms with Crippen LogP contribution >= 0.6 is 0 Å². The molecule has 0 bridgehead atoms. The van der Waals surface area contributed by atoms with Crippen LogP contribution < -0.4 is 9.47 Å². The number of rotatable bonds is 7. The molecule has 2 unspecified atom stereocenters. The zero-order valence-electron chi connectivity index (χ0n) is 20.7. The Morgan fingerprint density at radius 3 is 1.73 bits per heavy atom. The van der Waals surface area contributed by atoms with Crippen LogP contribution in [-0.4, -0.2) is 19.1 Å². The third-order valence-electron chi connectivity index (χ3n) is 8.48. The molecule has 202 valence electrons. The van der Waals surface area contributed by atoms with Gasteiger partial charge in [0.15, 0.2) is 0 Å². The summed E-state index contributed by atoms with van der Waals surface area (Å²) < 4.78 is 81.1. The number of ether oxygens (including phenoxy) is 3. The van der Waals surface area contributed by atoms with Crippen LogP contribution in [0, 0.1) is 17.8 Å². The molecule has 1 saturated heterocycles. The van der Waals surface area contributed by atoms with Gasteiger partial charge in [-0.2, -0.15) is 8.78 Å². The lowest BCUT2D eigenvalue weighted by atomic mass is 9.71. The van der Waals surface area contributed by atoms with Crippen LogP contribution in [0.3, 0.4) is 0 Å². The molecular weight excluding hydrogens is 491 g/mol. The summed E-state index contributed by atoms with van der Waals surface area (Å²) in [5.41, 5.74) is 0.735. The van der Waals surface area contributed by atoms with Gasteiger partial charge in [-0.1, -0.05) is 31.4 Å². The molecule has 0 radical (unpaired) electrons. The first-order valence-electron chi connectivity index (χ1n) is 13.3. The van der Waals surface area contributed by atoms with Crippen LogP contribution in [0.4, 0.5) is 22.0 Å². The van der Waals surface area contributed by atoms with Gasteiger partial charge in [0, 0.05) is 0 Å². The van der Waals surface area contributed by atoms with E-state index in [-0.39, 0.29) is 11.3 Å². The first-order valence-corrected chi connectivity index (χ1v) is 13.3. The van der Waals surface area contributed by atoms with Gasteiger partial charge in [0.05, 0.1) is 18.3 Å². The molecule has 2 aromatic carbocycles. The predicted octanol–water partition coefficient (Wildman–Crippen LogP) is 8.58. The van der Waals surface area contributed by atoms with Crippen molar-refractivity contribution in [3.63, 3.8) is 0 Å². The largest absolute Gasteiger partial charge is 0.573 e. The third kappa shape index (κ3) is 6.57. The van der Waals surface area contributed by atoms with Crippen molar-refractivity contribution in [2.75, 3.05) is 6.61 Å². The van der Waals surface area contributed by atoms with Crippen molar-refractivity contribution in [3.05, 3.63) is 59.7 Å². The lowest BCUT2D eigenvalue weighted by Crippen LogP contribution is -2.37. The van der Waals surface area contributed by atoms with Crippen LogP contribution in [0.25, 0.3) is 0 Å². The Bertz CT molecular complexity index is 1000. The first-order chi connectivity index (χ1) is 17.7. The van der Waals surface area contributed by atoms with Crippen LogP contribution in [-0.2, 0) is 10.8 Å². The summed E-state index contributed by atoms with van der Waals surface area (Å²) in [6, 6.07) is 10.1. The van der Waals surface area contributed by atoms with Crippen LogP contribution in [0.2, 0.25) is 0 Å². The molecule has 2 atom stereocenters. The predicted molar refractivity (Wildman–Crippen MR) is 129 cm³/mol. The van der Waals surface area contributed by atoms with Gasteiger partial charge in [-0.25, -0.2) is 0 Å². The van der Waals surface area contributed by atoms with Crippen molar-refractivity contribution >= 4 is 0 Å². The average molecular weight is 525 g/mol. The van der Waals surface area contributed by atoms with E-state index in [1.807, 2.05) is 0 Å². The molecule has 3 fully saturated rings. The van der Waals surface area contributed by atoms with Crippen molar-refractivity contribution < 1.29 is 36.2 Å². The smallest absolute Gasteiger partial charge is 0.429 e. The summed E-state index contributed by atoms with van der Waals surface area (Å²) in [6.45, 7) is 0.915. The Balaban J connectivity index is 1.11. The number of halogens is 5. The zero-order chi connectivity index (χ0) is 26.0. The second-order valence-corrected chi connectivity index (χ2v) is 10.8. The van der Waals surface area contributed by atoms with E-state index in [4.69, 9.17) is 9.47 Å². The minimum atomic E-state index is -4.85. The molecule has 2 saturated carbocycles. The Morgan fingerprint density at radius 1 is 0.622 bits per heavy atom. The minimum Gasteiger partial charge on any atom is -0.429 e. The highest BCUT2D eigenvalue weighted by molar-refractivity contribution is 5.33. The Labute approximate surface area is 214 Å². The number of hydrogen-bond acceptors (Lipinski definition) is 3. The van der Waals surface area contributed by atoms with Gasteiger partial charge in [-0.05, 0) is 104 Å². The van der Waals surface area contributed by atoms with Crippen molar-refractivity contribution in [3.8, 4) is 11.5 Å². The van der Waals surface area contributed by atoms with E-state index in [9.17, 15) is 22.0 Å². The van der Waals surface area contributed by atoms with Gasteiger partial charge in [-0.3, -0.25) is 0 Å². The molecule has 2 aliphatic carbocycles. The summed E-state index contributed by atoms with van der Waals surface area (Å²) >= 11 is 0. The van der Waals surface area contributed by atoms with E-state index in [0.717, 1.165) is 74.0 Å². The first kappa shape index (κ1) is 26.3. The molecule has 0 spiro atoms. The maximum absolute atomic E-state index is 14.7. The fraction of sp³-hybridized carbons (Fsp3) is 0.586. The van der Waals surface area contributed by atoms with Gasteiger partial charge in [0.25, 0.3) is 0 Å². The lowest BCUT2D eigenvalue weighted by molar-refractivity contribution is -0.274. The van der Waals surface area contributed by atoms with Gasteiger partial charge in [0.1, 0.15) is 11.5 Å². The summed E-state index contributed by atoms with van der Waals surface area (Å²) in [4.78, 5) is 0. The number of benzene rings is 2. The SMILES string of the molecule is FC(F)(F)Oc1ccc(OC(F)(F)c2ccc(C3CCC(C4CCC(C5CCC5)CO4)CC3)cc2)cc1. The highest BCUT2D eigenvalue weighted by atomic mass is 19.4. The molecule has 0 N–H and O–H groups in total. The van der Waals surface area contributed by atoms with Gasteiger partial charge in [-0.15, -0.1) is 13.2 Å². The topological polar surface area (TPSA) is 27.7 Å². The summed E-state index contributed by atoms with van der Waals surface area (Å²) in [5, 5.41) is 0. The summed E-state index contributed by atoms with van der Waals surface area (Å²) in [6.07, 6.45) is 2.69. The molecule has 1 aliphatic heterocycles. The van der Waals surface area contributed by atoms with E-state index >= 15 is 0 Å². The summed E-state index contributed by atoms with van der Waals surface area (Å²) in [5.74, 6) is 1.80. The fourth-order valence-electron chi connectivity index (χ4n) is 6.14. The minimum absolute atomic E-state index is 0.258. The van der Waals surface area contributed by atoms with Crippen LogP contribution in [0.5, 0.6) is 11.5 Å². The number of alkyl halides is 5. The molecule has 8 heteroatoms. The van der Waals surface area contributed by atoms with Crippen molar-refractivity contribution in [1.29, 1.82) is 0 Å². The van der Waals surface area contributed by atoms with Crippen LogP contribution in [0.1, 0.15) is 74.8 Å². The van der Waals surface area contributed by atoms with E-state index < -0.39 is 18.2 Å². The monoisotopic (exact) mass is 524 g/mol.